The molecule has 13 heavy (non-hydrogen) atoms. The monoisotopic (exact) mass is 239 g/mol. The van der Waals surface area contributed by atoms with Gasteiger partial charge >= 0.3 is 0 Å². The molecule has 4 heteroatoms. The van der Waals surface area contributed by atoms with Gasteiger partial charge in [-0.3, -0.25) is 0 Å². The third-order valence-corrected chi connectivity index (χ3v) is 1.53. The van der Waals surface area contributed by atoms with Crippen LogP contribution in [-0.2, 0) is 0 Å². The highest BCUT2D eigenvalue weighted by molar-refractivity contribution is 6.63. The Morgan fingerprint density at radius 1 is 1.08 bits per heavy atom. The molecule has 0 unspecified atom stereocenters. The molecule has 0 amide bonds. The lowest BCUT2D eigenvalue weighted by molar-refractivity contribution is 1.34. The molecule has 0 radical (unpaired) electrons. The molecule has 0 saturated heterocycles. The number of hydrogen-bond donors (Lipinski definition) is 1. The Balaban J connectivity index is 0.000000310. The minimum atomic E-state index is -0.750. The molecule has 0 fully saturated rings. The van der Waals surface area contributed by atoms with Gasteiger partial charge < -0.3 is 5.73 Å². The molecule has 0 aliphatic rings. The van der Waals surface area contributed by atoms with E-state index < -0.39 is 4.30 Å². The van der Waals surface area contributed by atoms with Crippen LogP contribution >= 0.6 is 34.8 Å². The number of benzene rings is 1. The van der Waals surface area contributed by atoms with Gasteiger partial charge in [0.2, 0.25) is 0 Å². The van der Waals surface area contributed by atoms with Crippen molar-refractivity contribution in [2.45, 2.75) is 18.1 Å². The number of rotatable bonds is 0. The molecule has 1 aromatic carbocycles. The lowest BCUT2D eigenvalue weighted by atomic mass is 10.1. The molecule has 0 heterocycles. The molecule has 0 aliphatic heterocycles. The van der Waals surface area contributed by atoms with Crippen LogP contribution in [0.1, 0.15) is 11.1 Å². The summed E-state index contributed by atoms with van der Waals surface area (Å²) in [7, 11) is 0. The van der Waals surface area contributed by atoms with Crippen molar-refractivity contribution in [3.63, 3.8) is 0 Å². The van der Waals surface area contributed by atoms with Crippen molar-refractivity contribution in [1.82, 2.24) is 0 Å². The van der Waals surface area contributed by atoms with Crippen LogP contribution in [0.25, 0.3) is 0 Å². The van der Waals surface area contributed by atoms with Gasteiger partial charge in [0.1, 0.15) is 0 Å². The summed E-state index contributed by atoms with van der Waals surface area (Å²) in [5.74, 6) is 0. The number of nitrogens with two attached hydrogens (primary N) is 1. The van der Waals surface area contributed by atoms with Crippen molar-refractivity contribution in [3.8, 4) is 0 Å². The second-order valence-electron chi connectivity index (χ2n) is 2.59. The maximum Gasteiger partial charge on any atom is 0.180 e. The van der Waals surface area contributed by atoms with E-state index in [9.17, 15) is 0 Å². The summed E-state index contributed by atoms with van der Waals surface area (Å²) < 4.78 is -0.750. The molecule has 0 atom stereocenters. The normalized spacial score (nSPS) is 9.38. The third-order valence-electron chi connectivity index (χ3n) is 1.53. The van der Waals surface area contributed by atoms with E-state index in [0.29, 0.717) is 0 Å². The highest BCUT2D eigenvalue weighted by atomic mass is 35.6. The lowest BCUT2D eigenvalue weighted by Crippen LogP contribution is -1.86. The Morgan fingerprint density at radius 3 is 1.85 bits per heavy atom. The molecular weight excluding hydrogens is 228 g/mol. The number of nitrogen functional groups attached to an aromatic ring is 1. The van der Waals surface area contributed by atoms with Crippen LogP contribution in [0.4, 0.5) is 5.69 Å². The highest BCUT2D eigenvalue weighted by Gasteiger charge is 1.89. The van der Waals surface area contributed by atoms with Crippen molar-refractivity contribution in [1.29, 1.82) is 0 Å². The molecule has 0 bridgehead atoms. The average molecular weight is 241 g/mol. The standard InChI is InChI=1S/C8H11N.CHCl3/c1-6-3-4-8(9)5-7(6)2;2-1(3)4/h3-5H,9H2,1-2H3;1H. The van der Waals surface area contributed by atoms with E-state index in [1.54, 1.807) is 0 Å². The SMILES string of the molecule is Cc1ccc(N)cc1C.ClC(Cl)Cl. The molecule has 2 N–H and O–H groups in total. The van der Waals surface area contributed by atoms with Gasteiger partial charge in [-0.15, -0.1) is 0 Å². The van der Waals surface area contributed by atoms with E-state index in [0.717, 1.165) is 5.69 Å². The van der Waals surface area contributed by atoms with E-state index in [4.69, 9.17) is 40.5 Å². The summed E-state index contributed by atoms with van der Waals surface area (Å²) in [5, 5.41) is 0. The van der Waals surface area contributed by atoms with E-state index >= 15 is 0 Å². The zero-order valence-electron chi connectivity index (χ0n) is 7.52. The molecule has 1 aromatic rings. The first-order valence-electron chi connectivity index (χ1n) is 3.68. The Kier molecular flexibility index (Phi) is 6.31. The van der Waals surface area contributed by atoms with Crippen LogP contribution in [0.5, 0.6) is 0 Å². The van der Waals surface area contributed by atoms with E-state index in [1.807, 2.05) is 18.2 Å². The van der Waals surface area contributed by atoms with Gasteiger partial charge in [-0.25, -0.2) is 0 Å². The number of alkyl halides is 3. The lowest BCUT2D eigenvalue weighted by Gasteiger charge is -1.98. The molecule has 0 aromatic heterocycles. The van der Waals surface area contributed by atoms with Crippen molar-refractivity contribution in [2.75, 3.05) is 5.73 Å². The smallest absolute Gasteiger partial charge is 0.180 e. The largest absolute Gasteiger partial charge is 0.399 e. The summed E-state index contributed by atoms with van der Waals surface area (Å²) in [4.78, 5) is 0. The van der Waals surface area contributed by atoms with E-state index in [1.165, 1.54) is 11.1 Å². The van der Waals surface area contributed by atoms with Gasteiger partial charge in [-0.2, -0.15) is 0 Å². The molecule has 0 aliphatic carbocycles. The van der Waals surface area contributed by atoms with Crippen LogP contribution in [0.3, 0.4) is 0 Å². The van der Waals surface area contributed by atoms with Gasteiger partial charge in [0, 0.05) is 5.69 Å². The van der Waals surface area contributed by atoms with Crippen LogP contribution < -0.4 is 5.73 Å². The predicted octanol–water partition coefficient (Wildman–Crippen LogP) is 3.87. The minimum absolute atomic E-state index is 0.750. The van der Waals surface area contributed by atoms with Gasteiger partial charge in [-0.1, -0.05) is 40.9 Å². The fourth-order valence-corrected chi connectivity index (χ4v) is 0.765. The molecule has 1 nitrogen and oxygen atoms in total. The van der Waals surface area contributed by atoms with Gasteiger partial charge in [0.05, 0.1) is 0 Å². The number of hydrogen-bond acceptors (Lipinski definition) is 1. The van der Waals surface area contributed by atoms with Crippen LogP contribution in [0, 0.1) is 13.8 Å². The second kappa shape index (κ2) is 6.36. The first-order chi connectivity index (χ1) is 5.93. The predicted molar refractivity (Wildman–Crippen MR) is 61.7 cm³/mol. The molecule has 0 saturated carbocycles. The summed E-state index contributed by atoms with van der Waals surface area (Å²) in [5.41, 5.74) is 8.93. The van der Waals surface area contributed by atoms with E-state index in [-0.39, 0.29) is 0 Å². The maximum absolute atomic E-state index is 5.53. The second-order valence-corrected chi connectivity index (χ2v) is 4.57. The summed E-state index contributed by atoms with van der Waals surface area (Å²) in [6.07, 6.45) is 0. The molecule has 0 spiro atoms. The topological polar surface area (TPSA) is 26.0 Å². The summed E-state index contributed by atoms with van der Waals surface area (Å²) >= 11 is 14.4. The number of aryl methyl sites for hydroxylation is 2. The average Bonchev–Trinajstić information content (AvgIpc) is 1.96. The summed E-state index contributed by atoms with van der Waals surface area (Å²) in [6, 6.07) is 5.93. The molecule has 1 rings (SSSR count). The Bertz CT molecular complexity index is 258. The Labute approximate surface area is 93.8 Å². The molecule has 74 valence electrons. The quantitative estimate of drug-likeness (QED) is 0.541. The number of halogens is 3. The van der Waals surface area contributed by atoms with Gasteiger partial charge in [-0.05, 0) is 37.1 Å². The molecular formula is C9H12Cl3N. The van der Waals surface area contributed by atoms with Crippen molar-refractivity contribution >= 4 is 40.5 Å². The van der Waals surface area contributed by atoms with Crippen LogP contribution in [0.15, 0.2) is 18.2 Å². The van der Waals surface area contributed by atoms with Gasteiger partial charge in [0.25, 0.3) is 0 Å². The fourth-order valence-electron chi connectivity index (χ4n) is 0.765. The Hall–Kier alpha value is -0.110. The minimum Gasteiger partial charge on any atom is -0.399 e. The fraction of sp³-hybridized carbons (Fsp3) is 0.333. The highest BCUT2D eigenvalue weighted by Crippen LogP contribution is 2.09. The first kappa shape index (κ1) is 12.9. The van der Waals surface area contributed by atoms with Crippen molar-refractivity contribution in [2.24, 2.45) is 0 Å². The van der Waals surface area contributed by atoms with Crippen molar-refractivity contribution < 1.29 is 0 Å². The third kappa shape index (κ3) is 7.00. The Morgan fingerprint density at radius 2 is 1.54 bits per heavy atom. The van der Waals surface area contributed by atoms with Gasteiger partial charge in [0.15, 0.2) is 4.30 Å². The first-order valence-corrected chi connectivity index (χ1v) is 4.99. The van der Waals surface area contributed by atoms with Crippen molar-refractivity contribution in [3.05, 3.63) is 29.3 Å². The summed E-state index contributed by atoms with van der Waals surface area (Å²) in [6.45, 7) is 4.14. The zero-order chi connectivity index (χ0) is 10.4. The zero-order valence-corrected chi connectivity index (χ0v) is 9.79. The van der Waals surface area contributed by atoms with Crippen LogP contribution in [0.2, 0.25) is 0 Å². The van der Waals surface area contributed by atoms with Crippen LogP contribution in [-0.4, -0.2) is 4.30 Å². The number of anilines is 1. The maximum atomic E-state index is 5.53. The van der Waals surface area contributed by atoms with E-state index in [2.05, 4.69) is 13.8 Å².